The highest BCUT2D eigenvalue weighted by Crippen LogP contribution is 2.24. The molecule has 120 valence electrons. The van der Waals surface area contributed by atoms with E-state index in [0.29, 0.717) is 6.54 Å². The number of nitrogens with zero attached hydrogens (tertiary/aromatic N) is 1. The fraction of sp³-hybridized carbons (Fsp3) is 0.316. The summed E-state index contributed by atoms with van der Waals surface area (Å²) in [5.41, 5.74) is 2.03. The average Bonchev–Trinajstić information content (AvgIpc) is 3.10. The number of aliphatic hydroxyl groups is 1. The summed E-state index contributed by atoms with van der Waals surface area (Å²) in [5, 5.41) is 9.18. The number of carbonyl (C=O) groups excluding carboxylic acids is 1. The molecule has 0 aliphatic carbocycles. The second-order valence-electron chi connectivity index (χ2n) is 5.89. The van der Waals surface area contributed by atoms with E-state index in [1.807, 2.05) is 47.4 Å². The van der Waals surface area contributed by atoms with Crippen molar-refractivity contribution in [2.24, 2.45) is 5.92 Å². The van der Waals surface area contributed by atoms with Gasteiger partial charge in [0.05, 0.1) is 0 Å². The molecule has 1 aliphatic rings. The Labute approximate surface area is 141 Å². The lowest BCUT2D eigenvalue weighted by molar-refractivity contribution is 0.0782. The summed E-state index contributed by atoms with van der Waals surface area (Å²) in [7, 11) is 0. The summed E-state index contributed by atoms with van der Waals surface area (Å²) in [6, 6.07) is 18.2. The van der Waals surface area contributed by atoms with Gasteiger partial charge in [0.15, 0.2) is 0 Å². The lowest BCUT2D eigenvalue weighted by Gasteiger charge is -2.16. The van der Waals surface area contributed by atoms with Crippen LogP contribution in [0.5, 0.6) is 0 Å². The largest absolute Gasteiger partial charge is 0.396 e. The van der Waals surface area contributed by atoms with Crippen molar-refractivity contribution in [2.75, 3.05) is 19.7 Å². The van der Waals surface area contributed by atoms with Crippen LogP contribution in [-0.4, -0.2) is 35.6 Å². The molecule has 3 nitrogen and oxygen atoms in total. The Kier molecular flexibility index (Phi) is 5.36. The Bertz CT molecular complexity index is 642. The molecule has 0 aromatic heterocycles. The SMILES string of the molecule is O=C(c1ccc(SCc2ccccc2)cc1)N1CCC(CO)C1. The number of benzene rings is 2. The Hall–Kier alpha value is -1.78. The van der Waals surface area contributed by atoms with E-state index < -0.39 is 0 Å². The molecule has 1 N–H and O–H groups in total. The van der Waals surface area contributed by atoms with Crippen molar-refractivity contribution in [3.05, 3.63) is 65.7 Å². The van der Waals surface area contributed by atoms with E-state index in [2.05, 4.69) is 12.1 Å². The first-order valence-corrected chi connectivity index (χ1v) is 8.92. The zero-order chi connectivity index (χ0) is 16.1. The Balaban J connectivity index is 1.57. The van der Waals surface area contributed by atoms with E-state index in [0.717, 1.165) is 24.3 Å². The summed E-state index contributed by atoms with van der Waals surface area (Å²) < 4.78 is 0. The first kappa shape index (κ1) is 16.1. The molecule has 1 unspecified atom stereocenters. The van der Waals surface area contributed by atoms with Crippen LogP contribution in [0.25, 0.3) is 0 Å². The Morgan fingerprint density at radius 3 is 2.52 bits per heavy atom. The molecule has 1 heterocycles. The number of rotatable bonds is 5. The second-order valence-corrected chi connectivity index (χ2v) is 6.94. The van der Waals surface area contributed by atoms with E-state index in [4.69, 9.17) is 0 Å². The van der Waals surface area contributed by atoms with E-state index in [1.165, 1.54) is 10.5 Å². The lowest BCUT2D eigenvalue weighted by atomic mass is 10.1. The zero-order valence-electron chi connectivity index (χ0n) is 13.0. The molecule has 4 heteroatoms. The number of aliphatic hydroxyl groups excluding tert-OH is 1. The number of likely N-dealkylation sites (tertiary alicyclic amines) is 1. The maximum Gasteiger partial charge on any atom is 0.253 e. The molecular weight excluding hydrogens is 306 g/mol. The van der Waals surface area contributed by atoms with Gasteiger partial charge in [0.25, 0.3) is 5.91 Å². The predicted molar refractivity (Wildman–Crippen MR) is 93.5 cm³/mol. The summed E-state index contributed by atoms with van der Waals surface area (Å²) >= 11 is 1.77. The molecule has 1 aliphatic heterocycles. The number of thioether (sulfide) groups is 1. The first-order chi connectivity index (χ1) is 11.3. The number of hydrogen-bond acceptors (Lipinski definition) is 3. The van der Waals surface area contributed by atoms with Gasteiger partial charge < -0.3 is 10.0 Å². The van der Waals surface area contributed by atoms with Gasteiger partial charge in [-0.2, -0.15) is 0 Å². The molecule has 2 aromatic rings. The van der Waals surface area contributed by atoms with Crippen LogP contribution in [-0.2, 0) is 5.75 Å². The van der Waals surface area contributed by atoms with Gasteiger partial charge in [0.2, 0.25) is 0 Å². The van der Waals surface area contributed by atoms with Gasteiger partial charge in [-0.05, 0) is 36.2 Å². The average molecular weight is 327 g/mol. The molecule has 1 amide bonds. The fourth-order valence-electron chi connectivity index (χ4n) is 2.78. The highest BCUT2D eigenvalue weighted by atomic mass is 32.2. The number of amides is 1. The minimum absolute atomic E-state index is 0.0700. The third-order valence-corrected chi connectivity index (χ3v) is 5.26. The summed E-state index contributed by atoms with van der Waals surface area (Å²) in [5.74, 6) is 1.23. The molecule has 1 fully saturated rings. The number of hydrogen-bond donors (Lipinski definition) is 1. The van der Waals surface area contributed by atoms with E-state index >= 15 is 0 Å². The maximum absolute atomic E-state index is 12.4. The quantitative estimate of drug-likeness (QED) is 0.855. The first-order valence-electron chi connectivity index (χ1n) is 7.93. The molecule has 0 saturated carbocycles. The minimum Gasteiger partial charge on any atom is -0.396 e. The molecule has 1 atom stereocenters. The van der Waals surface area contributed by atoms with Gasteiger partial charge in [-0.15, -0.1) is 11.8 Å². The molecule has 2 aromatic carbocycles. The predicted octanol–water partition coefficient (Wildman–Crippen LogP) is 3.43. The highest BCUT2D eigenvalue weighted by Gasteiger charge is 2.26. The summed E-state index contributed by atoms with van der Waals surface area (Å²) in [6.45, 7) is 1.58. The van der Waals surface area contributed by atoms with Crippen LogP contribution < -0.4 is 0 Å². The Morgan fingerprint density at radius 1 is 1.13 bits per heavy atom. The third-order valence-electron chi connectivity index (χ3n) is 4.18. The van der Waals surface area contributed by atoms with Gasteiger partial charge in [0, 0.05) is 41.8 Å². The normalized spacial score (nSPS) is 17.4. The smallest absolute Gasteiger partial charge is 0.253 e. The van der Waals surface area contributed by atoms with Crippen LogP contribution in [0.15, 0.2) is 59.5 Å². The van der Waals surface area contributed by atoms with Gasteiger partial charge in [-0.1, -0.05) is 30.3 Å². The van der Waals surface area contributed by atoms with Gasteiger partial charge >= 0.3 is 0 Å². The highest BCUT2D eigenvalue weighted by molar-refractivity contribution is 7.98. The summed E-state index contributed by atoms with van der Waals surface area (Å²) in [4.78, 5) is 15.4. The fourth-order valence-corrected chi connectivity index (χ4v) is 3.64. The van der Waals surface area contributed by atoms with Crippen molar-refractivity contribution in [1.29, 1.82) is 0 Å². The Morgan fingerprint density at radius 2 is 1.87 bits per heavy atom. The van der Waals surface area contributed by atoms with Crippen LogP contribution >= 0.6 is 11.8 Å². The van der Waals surface area contributed by atoms with Crippen molar-refractivity contribution in [2.45, 2.75) is 17.1 Å². The maximum atomic E-state index is 12.4. The van der Waals surface area contributed by atoms with Crippen LogP contribution in [0.3, 0.4) is 0 Å². The summed E-state index contributed by atoms with van der Waals surface area (Å²) in [6.07, 6.45) is 0.896. The van der Waals surface area contributed by atoms with Gasteiger partial charge in [0.1, 0.15) is 0 Å². The van der Waals surface area contributed by atoms with Crippen LogP contribution in [0.1, 0.15) is 22.3 Å². The lowest BCUT2D eigenvalue weighted by Crippen LogP contribution is -2.29. The molecule has 1 saturated heterocycles. The molecule has 3 rings (SSSR count). The molecule has 0 spiro atoms. The standard InChI is InChI=1S/C19H21NO2S/c21-13-16-10-11-20(12-16)19(22)17-6-8-18(9-7-17)23-14-15-4-2-1-3-5-15/h1-9,16,21H,10-14H2. The molecular formula is C19H21NO2S. The molecule has 23 heavy (non-hydrogen) atoms. The van der Waals surface area contributed by atoms with E-state index in [1.54, 1.807) is 11.8 Å². The van der Waals surface area contributed by atoms with Crippen molar-refractivity contribution >= 4 is 17.7 Å². The number of carbonyl (C=O) groups is 1. The minimum atomic E-state index is 0.0700. The van der Waals surface area contributed by atoms with Crippen molar-refractivity contribution in [1.82, 2.24) is 4.90 Å². The van der Waals surface area contributed by atoms with Gasteiger partial charge in [-0.25, -0.2) is 0 Å². The van der Waals surface area contributed by atoms with Crippen LogP contribution in [0.2, 0.25) is 0 Å². The van der Waals surface area contributed by atoms with Crippen molar-refractivity contribution in [3.63, 3.8) is 0 Å². The van der Waals surface area contributed by atoms with Crippen molar-refractivity contribution in [3.8, 4) is 0 Å². The second kappa shape index (κ2) is 7.66. The monoisotopic (exact) mass is 327 g/mol. The van der Waals surface area contributed by atoms with E-state index in [9.17, 15) is 9.90 Å². The topological polar surface area (TPSA) is 40.5 Å². The third kappa shape index (κ3) is 4.15. The van der Waals surface area contributed by atoms with Crippen LogP contribution in [0.4, 0.5) is 0 Å². The molecule has 0 bridgehead atoms. The van der Waals surface area contributed by atoms with Gasteiger partial charge in [-0.3, -0.25) is 4.79 Å². The molecule has 0 radical (unpaired) electrons. The van der Waals surface area contributed by atoms with Crippen LogP contribution in [0, 0.1) is 5.92 Å². The zero-order valence-corrected chi connectivity index (χ0v) is 13.8. The van der Waals surface area contributed by atoms with Crippen molar-refractivity contribution < 1.29 is 9.90 Å². The van der Waals surface area contributed by atoms with E-state index in [-0.39, 0.29) is 18.4 Å².